The lowest BCUT2D eigenvalue weighted by molar-refractivity contribution is -0.385. The first-order chi connectivity index (χ1) is 9.58. The van der Waals surface area contributed by atoms with Crippen LogP contribution in [-0.4, -0.2) is 36.5 Å². The normalized spacial score (nSPS) is 20.0. The van der Waals surface area contributed by atoms with Crippen molar-refractivity contribution in [1.82, 2.24) is 10.2 Å². The molecule has 1 heterocycles. The fraction of sp³-hybridized carbons (Fsp3) is 0.600. The van der Waals surface area contributed by atoms with Crippen molar-refractivity contribution in [1.29, 1.82) is 0 Å². The zero-order chi connectivity index (χ0) is 14.5. The first-order valence-corrected chi connectivity index (χ1v) is 7.20. The standard InChI is InChI=1S/C15H23N3O2/c1-12-14(6-3-7-15(12)18(19)20)10-16-9-13-5-4-8-17(2)11-13/h3,6-7,13,16H,4-5,8-11H2,1-2H3. The van der Waals surface area contributed by atoms with Crippen molar-refractivity contribution in [2.24, 2.45) is 5.92 Å². The topological polar surface area (TPSA) is 58.4 Å². The number of nitrogens with one attached hydrogen (secondary N) is 1. The molecule has 110 valence electrons. The van der Waals surface area contributed by atoms with Crippen LogP contribution in [0.2, 0.25) is 0 Å². The quantitative estimate of drug-likeness (QED) is 0.663. The Morgan fingerprint density at radius 1 is 1.50 bits per heavy atom. The van der Waals surface area contributed by atoms with Crippen LogP contribution in [0.3, 0.4) is 0 Å². The second kappa shape index (κ2) is 6.81. The maximum Gasteiger partial charge on any atom is 0.272 e. The molecule has 1 atom stereocenters. The van der Waals surface area contributed by atoms with Crippen LogP contribution in [0.1, 0.15) is 24.0 Å². The minimum absolute atomic E-state index is 0.210. The van der Waals surface area contributed by atoms with Gasteiger partial charge in [-0.25, -0.2) is 0 Å². The Morgan fingerprint density at radius 2 is 2.30 bits per heavy atom. The molecule has 1 fully saturated rings. The number of benzene rings is 1. The molecule has 0 saturated carbocycles. The largest absolute Gasteiger partial charge is 0.312 e. The van der Waals surface area contributed by atoms with Crippen LogP contribution < -0.4 is 5.32 Å². The molecule has 1 aromatic carbocycles. The van der Waals surface area contributed by atoms with E-state index in [0.29, 0.717) is 12.5 Å². The SMILES string of the molecule is Cc1c(CNCC2CCCN(C)C2)cccc1[N+](=O)[O-]. The molecule has 1 aliphatic rings. The molecule has 0 aliphatic carbocycles. The third-order valence-corrected chi connectivity index (χ3v) is 4.08. The van der Waals surface area contributed by atoms with Gasteiger partial charge in [0.25, 0.3) is 5.69 Å². The lowest BCUT2D eigenvalue weighted by atomic mass is 9.98. The van der Waals surface area contributed by atoms with Crippen LogP contribution in [0.4, 0.5) is 5.69 Å². The molecule has 1 aromatic rings. The van der Waals surface area contributed by atoms with Crippen LogP contribution in [0.15, 0.2) is 18.2 Å². The van der Waals surface area contributed by atoms with Crippen LogP contribution in [0.5, 0.6) is 0 Å². The van der Waals surface area contributed by atoms with Gasteiger partial charge in [-0.1, -0.05) is 12.1 Å². The summed E-state index contributed by atoms with van der Waals surface area (Å²) in [6.07, 6.45) is 2.53. The molecule has 1 aliphatic heterocycles. The number of nitro groups is 1. The van der Waals surface area contributed by atoms with E-state index in [-0.39, 0.29) is 10.6 Å². The number of likely N-dealkylation sites (tertiary alicyclic amines) is 1. The summed E-state index contributed by atoms with van der Waals surface area (Å²) in [6.45, 7) is 5.84. The number of nitrogens with zero attached hydrogens (tertiary/aromatic N) is 2. The van der Waals surface area contributed by atoms with Gasteiger partial charge in [0.1, 0.15) is 0 Å². The van der Waals surface area contributed by atoms with Gasteiger partial charge >= 0.3 is 0 Å². The van der Waals surface area contributed by atoms with Gasteiger partial charge < -0.3 is 10.2 Å². The Bertz CT molecular complexity index is 476. The molecule has 1 saturated heterocycles. The molecule has 0 aromatic heterocycles. The highest BCUT2D eigenvalue weighted by atomic mass is 16.6. The lowest BCUT2D eigenvalue weighted by Gasteiger charge is -2.29. The average Bonchev–Trinajstić information content (AvgIpc) is 2.40. The van der Waals surface area contributed by atoms with Crippen LogP contribution in [0, 0.1) is 23.0 Å². The van der Waals surface area contributed by atoms with Crippen molar-refractivity contribution in [3.63, 3.8) is 0 Å². The molecule has 2 rings (SSSR count). The van der Waals surface area contributed by atoms with E-state index < -0.39 is 0 Å². The minimum atomic E-state index is -0.311. The molecule has 1 N–H and O–H groups in total. The number of hydrogen-bond donors (Lipinski definition) is 1. The van der Waals surface area contributed by atoms with Gasteiger partial charge in [0, 0.05) is 24.7 Å². The predicted molar refractivity (Wildman–Crippen MR) is 79.8 cm³/mol. The number of hydrogen-bond acceptors (Lipinski definition) is 4. The lowest BCUT2D eigenvalue weighted by Crippen LogP contribution is -2.37. The Balaban J connectivity index is 1.88. The van der Waals surface area contributed by atoms with Gasteiger partial charge in [0.15, 0.2) is 0 Å². The summed E-state index contributed by atoms with van der Waals surface area (Å²) < 4.78 is 0. The highest BCUT2D eigenvalue weighted by Crippen LogP contribution is 2.21. The fourth-order valence-electron chi connectivity index (χ4n) is 2.91. The monoisotopic (exact) mass is 277 g/mol. The summed E-state index contributed by atoms with van der Waals surface area (Å²) in [4.78, 5) is 13.0. The molecule has 0 bridgehead atoms. The van der Waals surface area contributed by atoms with Gasteiger partial charge in [0.2, 0.25) is 0 Å². The zero-order valence-corrected chi connectivity index (χ0v) is 12.3. The first kappa shape index (κ1) is 14.9. The third kappa shape index (κ3) is 3.77. The van der Waals surface area contributed by atoms with Crippen LogP contribution in [0.25, 0.3) is 0 Å². The van der Waals surface area contributed by atoms with Crippen molar-refractivity contribution < 1.29 is 4.92 Å². The van der Waals surface area contributed by atoms with E-state index >= 15 is 0 Å². The van der Waals surface area contributed by atoms with Crippen LogP contribution >= 0.6 is 0 Å². The highest BCUT2D eigenvalue weighted by molar-refractivity contribution is 5.44. The van der Waals surface area contributed by atoms with E-state index in [1.807, 2.05) is 13.0 Å². The first-order valence-electron chi connectivity index (χ1n) is 7.20. The maximum absolute atomic E-state index is 10.9. The molecule has 0 amide bonds. The summed E-state index contributed by atoms with van der Waals surface area (Å²) in [6, 6.07) is 5.29. The van der Waals surface area contributed by atoms with E-state index in [4.69, 9.17) is 0 Å². The van der Waals surface area contributed by atoms with Gasteiger partial charge in [0.05, 0.1) is 4.92 Å². The van der Waals surface area contributed by atoms with Gasteiger partial charge in [-0.2, -0.15) is 0 Å². The molecule has 0 spiro atoms. The molecule has 1 unspecified atom stereocenters. The van der Waals surface area contributed by atoms with Crippen molar-refractivity contribution in [3.8, 4) is 0 Å². The molecule has 20 heavy (non-hydrogen) atoms. The summed E-state index contributed by atoms with van der Waals surface area (Å²) >= 11 is 0. The second-order valence-electron chi connectivity index (χ2n) is 5.72. The number of rotatable bonds is 5. The summed E-state index contributed by atoms with van der Waals surface area (Å²) in [5.41, 5.74) is 2.00. The Kier molecular flexibility index (Phi) is 5.09. The molecule has 5 heteroatoms. The van der Waals surface area contributed by atoms with Crippen molar-refractivity contribution in [3.05, 3.63) is 39.4 Å². The Hall–Kier alpha value is -1.46. The number of nitro benzene ring substituents is 1. The highest BCUT2D eigenvalue weighted by Gasteiger charge is 2.17. The molecule has 0 radical (unpaired) electrons. The molecular weight excluding hydrogens is 254 g/mol. The molecular formula is C15H23N3O2. The minimum Gasteiger partial charge on any atom is -0.312 e. The van der Waals surface area contributed by atoms with E-state index in [0.717, 1.165) is 24.2 Å². The third-order valence-electron chi connectivity index (χ3n) is 4.08. The van der Waals surface area contributed by atoms with Crippen molar-refractivity contribution >= 4 is 5.69 Å². The van der Waals surface area contributed by atoms with Gasteiger partial charge in [-0.3, -0.25) is 10.1 Å². The number of piperidine rings is 1. The zero-order valence-electron chi connectivity index (χ0n) is 12.3. The smallest absolute Gasteiger partial charge is 0.272 e. The second-order valence-corrected chi connectivity index (χ2v) is 5.72. The summed E-state index contributed by atoms with van der Waals surface area (Å²) in [5, 5.41) is 14.4. The van der Waals surface area contributed by atoms with Gasteiger partial charge in [-0.15, -0.1) is 0 Å². The van der Waals surface area contributed by atoms with Crippen molar-refractivity contribution in [2.45, 2.75) is 26.3 Å². The average molecular weight is 277 g/mol. The van der Waals surface area contributed by atoms with E-state index in [2.05, 4.69) is 17.3 Å². The summed E-state index contributed by atoms with van der Waals surface area (Å²) in [7, 11) is 2.16. The van der Waals surface area contributed by atoms with E-state index in [1.165, 1.54) is 19.4 Å². The van der Waals surface area contributed by atoms with Crippen molar-refractivity contribution in [2.75, 3.05) is 26.7 Å². The van der Waals surface area contributed by atoms with E-state index in [9.17, 15) is 10.1 Å². The fourth-order valence-corrected chi connectivity index (χ4v) is 2.91. The summed E-state index contributed by atoms with van der Waals surface area (Å²) in [5.74, 6) is 0.688. The Morgan fingerprint density at radius 3 is 3.00 bits per heavy atom. The van der Waals surface area contributed by atoms with E-state index in [1.54, 1.807) is 12.1 Å². The molecule has 5 nitrogen and oxygen atoms in total. The van der Waals surface area contributed by atoms with Crippen LogP contribution in [-0.2, 0) is 6.54 Å². The maximum atomic E-state index is 10.9. The van der Waals surface area contributed by atoms with Gasteiger partial charge in [-0.05, 0) is 51.4 Å². The Labute approximate surface area is 120 Å². The predicted octanol–water partition coefficient (Wildman–Crippen LogP) is 2.33.